The first kappa shape index (κ1) is 21.3. The molecule has 0 bridgehead atoms. The van der Waals surface area contributed by atoms with Crippen LogP contribution >= 0.6 is 35.6 Å². The van der Waals surface area contributed by atoms with Gasteiger partial charge in [-0.15, -0.1) is 24.0 Å². The van der Waals surface area contributed by atoms with Gasteiger partial charge >= 0.3 is 0 Å². The smallest absolute Gasteiger partial charge is 0.188 e. The van der Waals surface area contributed by atoms with Crippen LogP contribution in [0, 0.1) is 0 Å². The molecule has 1 unspecified atom stereocenters. The van der Waals surface area contributed by atoms with Gasteiger partial charge in [0.15, 0.2) is 5.96 Å². The number of halogens is 2. The Hall–Kier alpha value is -0.730. The third-order valence-corrected chi connectivity index (χ3v) is 4.41. The number of likely N-dealkylation sites (N-methyl/N-ethyl adjacent to an activating group) is 1. The second-order valence-corrected chi connectivity index (χ2v) is 6.13. The summed E-state index contributed by atoms with van der Waals surface area (Å²) in [6, 6.07) is 6.15. The number of guanidine groups is 1. The van der Waals surface area contributed by atoms with Crippen molar-refractivity contribution in [3.63, 3.8) is 0 Å². The summed E-state index contributed by atoms with van der Waals surface area (Å²) in [4.78, 5) is 6.90. The van der Waals surface area contributed by atoms with Crippen molar-refractivity contribution in [2.75, 3.05) is 26.2 Å². The molecule has 0 amide bonds. The highest BCUT2D eigenvalue weighted by Crippen LogP contribution is 2.24. The predicted octanol–water partition coefficient (Wildman–Crippen LogP) is 3.25. The van der Waals surface area contributed by atoms with Crippen molar-refractivity contribution in [3.05, 3.63) is 28.8 Å². The fourth-order valence-electron chi connectivity index (χ4n) is 2.94. The summed E-state index contributed by atoms with van der Waals surface area (Å²) in [5.41, 5.74) is 6.98. The highest BCUT2D eigenvalue weighted by molar-refractivity contribution is 14.0. The first-order chi connectivity index (χ1) is 11.1. The average molecular weight is 467 g/mol. The lowest BCUT2D eigenvalue weighted by Crippen LogP contribution is -2.42. The van der Waals surface area contributed by atoms with Crippen LogP contribution in [0.5, 0.6) is 5.75 Å². The van der Waals surface area contributed by atoms with E-state index in [1.165, 1.54) is 19.4 Å². The van der Waals surface area contributed by atoms with Gasteiger partial charge in [-0.25, -0.2) is 4.99 Å². The van der Waals surface area contributed by atoms with Crippen LogP contribution in [-0.2, 0) is 6.54 Å². The zero-order chi connectivity index (χ0) is 16.7. The fourth-order valence-corrected chi connectivity index (χ4v) is 3.10. The van der Waals surface area contributed by atoms with E-state index in [1.54, 1.807) is 0 Å². The molecule has 1 fully saturated rings. The summed E-state index contributed by atoms with van der Waals surface area (Å²) in [6.45, 7) is 8.35. The van der Waals surface area contributed by atoms with Gasteiger partial charge in [-0.05, 0) is 45.0 Å². The molecule has 0 spiro atoms. The summed E-state index contributed by atoms with van der Waals surface area (Å²) < 4.78 is 5.60. The van der Waals surface area contributed by atoms with Gasteiger partial charge in [0.05, 0.1) is 13.2 Å². The topological polar surface area (TPSA) is 62.9 Å². The number of ether oxygens (including phenoxy) is 1. The van der Waals surface area contributed by atoms with Crippen molar-refractivity contribution in [2.45, 2.75) is 39.3 Å². The maximum atomic E-state index is 6.01. The molecule has 1 aliphatic rings. The molecular formula is C17H28ClIN4O. The number of likely N-dealkylation sites (tertiary alicyclic amines) is 1. The number of nitrogens with two attached hydrogens (primary N) is 1. The third kappa shape index (κ3) is 6.29. The molecule has 0 saturated carbocycles. The van der Waals surface area contributed by atoms with Gasteiger partial charge in [0.25, 0.3) is 0 Å². The molecule has 1 heterocycles. The van der Waals surface area contributed by atoms with E-state index in [0.29, 0.717) is 30.2 Å². The number of hydrogen-bond acceptors (Lipinski definition) is 3. The van der Waals surface area contributed by atoms with Gasteiger partial charge in [0.1, 0.15) is 5.75 Å². The van der Waals surface area contributed by atoms with Gasteiger partial charge in [-0.2, -0.15) is 0 Å². The average Bonchev–Trinajstić information content (AvgIpc) is 3.00. The van der Waals surface area contributed by atoms with Gasteiger partial charge in [0, 0.05) is 23.2 Å². The van der Waals surface area contributed by atoms with E-state index < -0.39 is 0 Å². The second-order valence-electron chi connectivity index (χ2n) is 5.69. The summed E-state index contributed by atoms with van der Waals surface area (Å²) in [7, 11) is 0. The molecule has 1 saturated heterocycles. The zero-order valence-corrected chi connectivity index (χ0v) is 17.5. The molecule has 0 aliphatic carbocycles. The van der Waals surface area contributed by atoms with Crippen LogP contribution in [-0.4, -0.2) is 43.1 Å². The van der Waals surface area contributed by atoms with E-state index in [0.717, 1.165) is 24.4 Å². The lowest BCUT2D eigenvalue weighted by atomic mass is 10.2. The molecule has 5 nitrogen and oxygen atoms in total. The molecule has 3 N–H and O–H groups in total. The largest absolute Gasteiger partial charge is 0.493 e. The molecular weight excluding hydrogens is 439 g/mol. The van der Waals surface area contributed by atoms with Crippen LogP contribution in [0.1, 0.15) is 32.3 Å². The first-order valence-corrected chi connectivity index (χ1v) is 8.70. The molecule has 2 rings (SSSR count). The molecule has 0 radical (unpaired) electrons. The van der Waals surface area contributed by atoms with E-state index in [4.69, 9.17) is 22.1 Å². The summed E-state index contributed by atoms with van der Waals surface area (Å²) in [5.74, 6) is 1.25. The molecule has 1 aliphatic heterocycles. The second kappa shape index (κ2) is 11.0. The van der Waals surface area contributed by atoms with Gasteiger partial charge < -0.3 is 15.8 Å². The number of nitrogens with one attached hydrogen (secondary N) is 1. The Morgan fingerprint density at radius 3 is 2.96 bits per heavy atom. The molecule has 0 aromatic heterocycles. The Kier molecular flexibility index (Phi) is 9.76. The molecule has 136 valence electrons. The van der Waals surface area contributed by atoms with Crippen LogP contribution in [0.3, 0.4) is 0 Å². The Balaban J connectivity index is 0.00000288. The van der Waals surface area contributed by atoms with E-state index in [-0.39, 0.29) is 24.0 Å². The minimum absolute atomic E-state index is 0. The summed E-state index contributed by atoms with van der Waals surface area (Å²) >= 11 is 6.01. The van der Waals surface area contributed by atoms with E-state index in [9.17, 15) is 0 Å². The Morgan fingerprint density at radius 1 is 1.46 bits per heavy atom. The number of benzene rings is 1. The third-order valence-electron chi connectivity index (χ3n) is 4.17. The standard InChI is InChI=1S/C17H27ClN4O.HI/c1-3-22-9-5-6-15(22)12-21-17(19)20-11-13-7-8-14(18)10-16(13)23-4-2;/h7-8,10,15H,3-6,9,11-12H2,1-2H3,(H3,19,20,21);1H. The van der Waals surface area contributed by atoms with Gasteiger partial charge in [-0.3, -0.25) is 4.90 Å². The number of aliphatic imine (C=N–C) groups is 1. The molecule has 24 heavy (non-hydrogen) atoms. The van der Waals surface area contributed by atoms with Crippen molar-refractivity contribution in [1.82, 2.24) is 10.2 Å². The fraction of sp³-hybridized carbons (Fsp3) is 0.588. The monoisotopic (exact) mass is 466 g/mol. The maximum Gasteiger partial charge on any atom is 0.188 e. The summed E-state index contributed by atoms with van der Waals surface area (Å²) in [6.07, 6.45) is 2.49. The Morgan fingerprint density at radius 2 is 2.25 bits per heavy atom. The molecule has 1 aromatic carbocycles. The minimum atomic E-state index is 0. The molecule has 1 atom stereocenters. The summed E-state index contributed by atoms with van der Waals surface area (Å²) in [5, 5.41) is 3.90. The van der Waals surface area contributed by atoms with Crippen molar-refractivity contribution < 1.29 is 4.74 Å². The van der Waals surface area contributed by atoms with Crippen molar-refractivity contribution >= 4 is 41.5 Å². The quantitative estimate of drug-likeness (QED) is 0.368. The SMILES string of the molecule is CCOc1cc(Cl)ccc1CN=C(N)NCC1CCCN1CC.I. The van der Waals surface area contributed by atoms with Crippen LogP contribution in [0.4, 0.5) is 0 Å². The highest BCUT2D eigenvalue weighted by atomic mass is 127. The zero-order valence-electron chi connectivity index (χ0n) is 14.4. The normalized spacial score (nSPS) is 18.3. The van der Waals surface area contributed by atoms with Crippen LogP contribution in [0.15, 0.2) is 23.2 Å². The van der Waals surface area contributed by atoms with Crippen LogP contribution in [0.2, 0.25) is 5.02 Å². The van der Waals surface area contributed by atoms with Gasteiger partial charge in [0.2, 0.25) is 0 Å². The molecule has 7 heteroatoms. The van der Waals surface area contributed by atoms with Crippen LogP contribution < -0.4 is 15.8 Å². The number of rotatable bonds is 7. The molecule has 1 aromatic rings. The Bertz CT molecular complexity index is 541. The number of nitrogens with zero attached hydrogens (tertiary/aromatic N) is 2. The van der Waals surface area contributed by atoms with Crippen molar-refractivity contribution in [2.24, 2.45) is 10.7 Å². The van der Waals surface area contributed by atoms with Crippen molar-refractivity contribution in [1.29, 1.82) is 0 Å². The Labute approximate surface area is 167 Å². The lowest BCUT2D eigenvalue weighted by Gasteiger charge is -2.23. The highest BCUT2D eigenvalue weighted by Gasteiger charge is 2.22. The van der Waals surface area contributed by atoms with E-state index in [1.807, 2.05) is 25.1 Å². The van der Waals surface area contributed by atoms with Crippen LogP contribution in [0.25, 0.3) is 0 Å². The number of hydrogen-bond donors (Lipinski definition) is 2. The first-order valence-electron chi connectivity index (χ1n) is 8.33. The minimum Gasteiger partial charge on any atom is -0.493 e. The maximum absolute atomic E-state index is 6.01. The lowest BCUT2D eigenvalue weighted by molar-refractivity contribution is 0.267. The van der Waals surface area contributed by atoms with Gasteiger partial charge in [-0.1, -0.05) is 24.6 Å². The van der Waals surface area contributed by atoms with Crippen molar-refractivity contribution in [3.8, 4) is 5.75 Å². The van der Waals surface area contributed by atoms with E-state index >= 15 is 0 Å². The predicted molar refractivity (Wildman–Crippen MR) is 112 cm³/mol. The van der Waals surface area contributed by atoms with E-state index in [2.05, 4.69) is 22.1 Å².